The van der Waals surface area contributed by atoms with E-state index >= 15 is 0 Å². The summed E-state index contributed by atoms with van der Waals surface area (Å²) in [5.74, 6) is 0.678. The molecule has 0 aliphatic rings. The molecule has 0 spiro atoms. The highest BCUT2D eigenvalue weighted by Gasteiger charge is 2.15. The van der Waals surface area contributed by atoms with Crippen LogP contribution in [0.1, 0.15) is 21.6 Å². The van der Waals surface area contributed by atoms with Gasteiger partial charge in [-0.25, -0.2) is 4.63 Å². The number of hydrogen-bond donors (Lipinski definition) is 3. The Morgan fingerprint density at radius 2 is 1.90 bits per heavy atom. The van der Waals surface area contributed by atoms with Crippen molar-refractivity contribution in [1.29, 1.82) is 0 Å². The van der Waals surface area contributed by atoms with E-state index in [0.29, 0.717) is 46.7 Å². The van der Waals surface area contributed by atoms with Crippen LogP contribution in [0.5, 0.6) is 11.5 Å². The van der Waals surface area contributed by atoms with Gasteiger partial charge in [0.2, 0.25) is 11.5 Å². The standard InChI is InChI=1S/C20H21Cl2N5O4/c1-29-17-9-12(10-24-7-8-25-20(28)18-19(23)27-31-26-18)5-6-16(17)30-11-13-14(21)3-2-4-15(13)22/h2-6,9,24H,7-8,10-11H2,1H3,(H2,23,27)(H,25,28). The Balaban J connectivity index is 1.48. The molecule has 0 bridgehead atoms. The van der Waals surface area contributed by atoms with Crippen LogP contribution in [0.25, 0.3) is 0 Å². The second-order valence-corrected chi connectivity index (χ2v) is 7.22. The highest BCUT2D eigenvalue weighted by Crippen LogP contribution is 2.31. The summed E-state index contributed by atoms with van der Waals surface area (Å²) in [6.45, 7) is 1.69. The number of nitrogens with one attached hydrogen (secondary N) is 2. The molecule has 31 heavy (non-hydrogen) atoms. The number of nitrogens with two attached hydrogens (primary N) is 1. The molecule has 0 saturated heterocycles. The number of anilines is 1. The van der Waals surface area contributed by atoms with Gasteiger partial charge in [0.15, 0.2) is 11.5 Å². The highest BCUT2D eigenvalue weighted by molar-refractivity contribution is 6.35. The lowest BCUT2D eigenvalue weighted by Crippen LogP contribution is -2.32. The van der Waals surface area contributed by atoms with Crippen LogP contribution >= 0.6 is 23.2 Å². The third kappa shape index (κ3) is 6.00. The number of nitrogen functional groups attached to an aromatic ring is 1. The van der Waals surface area contributed by atoms with Crippen LogP contribution in [0.2, 0.25) is 10.0 Å². The SMILES string of the molecule is COc1cc(CNCCNC(=O)c2nonc2N)ccc1OCc1c(Cl)cccc1Cl. The Kier molecular flexibility index (Phi) is 7.94. The second kappa shape index (κ2) is 10.9. The normalized spacial score (nSPS) is 10.7. The summed E-state index contributed by atoms with van der Waals surface area (Å²) in [5, 5.41) is 13.8. The largest absolute Gasteiger partial charge is 0.493 e. The number of carbonyl (C=O) groups is 1. The number of ether oxygens (including phenoxy) is 2. The molecule has 0 fully saturated rings. The van der Waals surface area contributed by atoms with Gasteiger partial charge in [-0.05, 0) is 40.1 Å². The van der Waals surface area contributed by atoms with Crippen LogP contribution in [0, 0.1) is 0 Å². The lowest BCUT2D eigenvalue weighted by atomic mass is 10.2. The molecule has 0 aliphatic carbocycles. The van der Waals surface area contributed by atoms with Gasteiger partial charge in [0.05, 0.1) is 7.11 Å². The first-order valence-corrected chi connectivity index (χ1v) is 10.0. The van der Waals surface area contributed by atoms with Gasteiger partial charge in [-0.1, -0.05) is 35.3 Å². The van der Waals surface area contributed by atoms with Crippen molar-refractivity contribution in [3.8, 4) is 11.5 Å². The minimum Gasteiger partial charge on any atom is -0.493 e. The zero-order valence-corrected chi connectivity index (χ0v) is 18.2. The van der Waals surface area contributed by atoms with Crippen LogP contribution in [0.3, 0.4) is 0 Å². The van der Waals surface area contributed by atoms with E-state index in [1.165, 1.54) is 0 Å². The van der Waals surface area contributed by atoms with Crippen molar-refractivity contribution >= 4 is 34.9 Å². The molecule has 1 heterocycles. The minimum atomic E-state index is -0.442. The number of nitrogens with zero attached hydrogens (tertiary/aromatic N) is 2. The van der Waals surface area contributed by atoms with Gasteiger partial charge in [-0.15, -0.1) is 0 Å². The molecule has 0 atom stereocenters. The third-order valence-corrected chi connectivity index (χ3v) is 5.02. The summed E-state index contributed by atoms with van der Waals surface area (Å²) in [7, 11) is 1.57. The number of hydrogen-bond acceptors (Lipinski definition) is 8. The molecule has 11 heteroatoms. The molecule has 9 nitrogen and oxygen atoms in total. The zero-order chi connectivity index (χ0) is 22.2. The number of carbonyl (C=O) groups excluding carboxylic acids is 1. The number of benzene rings is 2. The highest BCUT2D eigenvalue weighted by atomic mass is 35.5. The number of halogens is 2. The molecular formula is C20H21Cl2N5O4. The fraction of sp³-hybridized carbons (Fsp3) is 0.250. The lowest BCUT2D eigenvalue weighted by molar-refractivity contribution is 0.0944. The summed E-state index contributed by atoms with van der Waals surface area (Å²) in [5.41, 5.74) is 7.14. The summed E-state index contributed by atoms with van der Waals surface area (Å²) < 4.78 is 15.7. The number of amides is 1. The van der Waals surface area contributed by atoms with E-state index in [-0.39, 0.29) is 18.1 Å². The van der Waals surface area contributed by atoms with Crippen LogP contribution in [0.15, 0.2) is 41.0 Å². The Bertz CT molecular complexity index is 1020. The van der Waals surface area contributed by atoms with Crippen LogP contribution in [0.4, 0.5) is 5.82 Å². The minimum absolute atomic E-state index is 0.0293. The summed E-state index contributed by atoms with van der Waals surface area (Å²) in [4.78, 5) is 11.9. The van der Waals surface area contributed by atoms with E-state index in [4.69, 9.17) is 38.4 Å². The van der Waals surface area contributed by atoms with Crippen LogP contribution in [-0.2, 0) is 13.2 Å². The molecular weight excluding hydrogens is 445 g/mol. The second-order valence-electron chi connectivity index (χ2n) is 6.40. The molecule has 164 valence electrons. The van der Waals surface area contributed by atoms with Gasteiger partial charge in [-0.3, -0.25) is 4.79 Å². The average Bonchev–Trinajstić information content (AvgIpc) is 3.19. The van der Waals surface area contributed by atoms with Gasteiger partial charge in [0, 0.05) is 35.2 Å². The molecule has 0 aliphatic heterocycles. The number of methoxy groups -OCH3 is 1. The van der Waals surface area contributed by atoms with Gasteiger partial charge in [0.1, 0.15) is 6.61 Å². The first-order chi connectivity index (χ1) is 15.0. The molecule has 4 N–H and O–H groups in total. The fourth-order valence-electron chi connectivity index (χ4n) is 2.70. The number of rotatable bonds is 10. The Morgan fingerprint density at radius 1 is 1.13 bits per heavy atom. The quantitative estimate of drug-likeness (QED) is 0.390. The molecule has 0 saturated carbocycles. The topological polar surface area (TPSA) is 125 Å². The fourth-order valence-corrected chi connectivity index (χ4v) is 3.20. The van der Waals surface area contributed by atoms with Crippen molar-refractivity contribution in [1.82, 2.24) is 20.9 Å². The van der Waals surface area contributed by atoms with Crippen molar-refractivity contribution < 1.29 is 18.9 Å². The average molecular weight is 466 g/mol. The zero-order valence-electron chi connectivity index (χ0n) is 16.7. The lowest BCUT2D eigenvalue weighted by Gasteiger charge is -2.14. The molecule has 0 unspecified atom stereocenters. The van der Waals surface area contributed by atoms with E-state index in [0.717, 1.165) is 5.56 Å². The Hall–Kier alpha value is -3.01. The van der Waals surface area contributed by atoms with Gasteiger partial charge in [-0.2, -0.15) is 0 Å². The van der Waals surface area contributed by atoms with Crippen molar-refractivity contribution in [3.05, 3.63) is 63.3 Å². The van der Waals surface area contributed by atoms with Crippen molar-refractivity contribution in [3.63, 3.8) is 0 Å². The molecule has 3 aromatic rings. The Labute approximate surface area is 188 Å². The van der Waals surface area contributed by atoms with Crippen LogP contribution < -0.4 is 25.8 Å². The summed E-state index contributed by atoms with van der Waals surface area (Å²) in [6.07, 6.45) is 0. The molecule has 3 rings (SSSR count). The van der Waals surface area contributed by atoms with E-state index in [1.807, 2.05) is 18.2 Å². The third-order valence-electron chi connectivity index (χ3n) is 4.31. The molecule has 1 amide bonds. The molecule has 2 aromatic carbocycles. The maximum absolute atomic E-state index is 11.9. The van der Waals surface area contributed by atoms with Gasteiger partial charge >= 0.3 is 0 Å². The van der Waals surface area contributed by atoms with Crippen molar-refractivity contribution in [2.24, 2.45) is 0 Å². The van der Waals surface area contributed by atoms with Crippen LogP contribution in [-0.4, -0.2) is 36.4 Å². The summed E-state index contributed by atoms with van der Waals surface area (Å²) >= 11 is 12.4. The van der Waals surface area contributed by atoms with Crippen molar-refractivity contribution in [2.45, 2.75) is 13.2 Å². The maximum atomic E-state index is 11.9. The first-order valence-electron chi connectivity index (χ1n) is 9.29. The maximum Gasteiger partial charge on any atom is 0.277 e. The Morgan fingerprint density at radius 3 is 2.58 bits per heavy atom. The van der Waals surface area contributed by atoms with E-state index in [1.54, 1.807) is 25.3 Å². The van der Waals surface area contributed by atoms with E-state index in [9.17, 15) is 4.79 Å². The first kappa shape index (κ1) is 22.7. The predicted molar refractivity (Wildman–Crippen MR) is 117 cm³/mol. The van der Waals surface area contributed by atoms with E-state index < -0.39 is 5.91 Å². The molecule has 1 aromatic heterocycles. The predicted octanol–water partition coefficient (Wildman–Crippen LogP) is 3.07. The summed E-state index contributed by atoms with van der Waals surface area (Å²) in [6, 6.07) is 10.9. The van der Waals surface area contributed by atoms with Gasteiger partial charge < -0.3 is 25.8 Å². The van der Waals surface area contributed by atoms with Crippen molar-refractivity contribution in [2.75, 3.05) is 25.9 Å². The monoisotopic (exact) mass is 465 g/mol. The smallest absolute Gasteiger partial charge is 0.277 e. The number of aromatic nitrogens is 2. The van der Waals surface area contributed by atoms with E-state index in [2.05, 4.69) is 25.6 Å². The van der Waals surface area contributed by atoms with Gasteiger partial charge in [0.25, 0.3) is 5.91 Å². The molecule has 0 radical (unpaired) electrons.